The van der Waals surface area contributed by atoms with E-state index < -0.39 is 0 Å². The molecule has 0 aliphatic heterocycles. The van der Waals surface area contributed by atoms with Crippen LogP contribution in [0.25, 0.3) is 10.9 Å². The van der Waals surface area contributed by atoms with Crippen LogP contribution in [-0.2, 0) is 6.54 Å². The van der Waals surface area contributed by atoms with Gasteiger partial charge in [0.2, 0.25) is 0 Å². The average molecular weight is 232 g/mol. The summed E-state index contributed by atoms with van der Waals surface area (Å²) < 4.78 is 1.96. The van der Waals surface area contributed by atoms with Gasteiger partial charge < -0.3 is 4.57 Å². The van der Waals surface area contributed by atoms with Crippen LogP contribution in [0.1, 0.15) is 16.8 Å². The number of aldehydes is 1. The van der Waals surface area contributed by atoms with Gasteiger partial charge in [-0.1, -0.05) is 17.7 Å². The molecule has 0 aliphatic carbocycles. The number of rotatable bonds is 3. The van der Waals surface area contributed by atoms with Crippen molar-refractivity contribution < 1.29 is 4.79 Å². The molecule has 0 amide bonds. The van der Waals surface area contributed by atoms with Crippen molar-refractivity contribution in [1.29, 1.82) is 0 Å². The fourth-order valence-electron chi connectivity index (χ4n) is 1.76. The van der Waals surface area contributed by atoms with Crippen LogP contribution in [0, 0.1) is 12.3 Å². The van der Waals surface area contributed by atoms with E-state index in [0.29, 0.717) is 23.6 Å². The minimum Gasteiger partial charge on any atom is -0.346 e. The largest absolute Gasteiger partial charge is 0.346 e. The van der Waals surface area contributed by atoms with Gasteiger partial charge in [-0.2, -0.15) is 0 Å². The molecule has 0 fully saturated rings. The molecule has 0 unspecified atom stereocenters. The lowest BCUT2D eigenvalue weighted by Gasteiger charge is -2.01. The lowest BCUT2D eigenvalue weighted by atomic mass is 10.2. The highest BCUT2D eigenvalue weighted by Crippen LogP contribution is 2.24. The number of hydrogen-bond acceptors (Lipinski definition) is 1. The van der Waals surface area contributed by atoms with E-state index in [9.17, 15) is 4.79 Å². The third-order valence-corrected chi connectivity index (χ3v) is 2.73. The number of carbonyl (C=O) groups is 1. The Hall–Kier alpha value is -1.72. The van der Waals surface area contributed by atoms with Gasteiger partial charge in [-0.05, 0) is 12.1 Å². The molecular formula is C13H10ClNO. The number of hydrogen-bond donors (Lipinski definition) is 0. The summed E-state index contributed by atoms with van der Waals surface area (Å²) >= 11 is 5.94. The summed E-state index contributed by atoms with van der Waals surface area (Å²) in [6.07, 6.45) is 8.52. The SMILES string of the molecule is C#CCCn1cc(C=O)c2ccc(Cl)cc21. The smallest absolute Gasteiger partial charge is 0.152 e. The fraction of sp³-hybridized carbons (Fsp3) is 0.154. The number of carbonyl (C=O) groups excluding carboxylic acids is 1. The van der Waals surface area contributed by atoms with Crippen molar-refractivity contribution in [2.45, 2.75) is 13.0 Å². The Morgan fingerprint density at radius 3 is 3.00 bits per heavy atom. The normalized spacial score (nSPS) is 10.2. The monoisotopic (exact) mass is 231 g/mol. The van der Waals surface area contributed by atoms with Crippen LogP contribution >= 0.6 is 11.6 Å². The standard InChI is InChI=1S/C13H10ClNO/c1-2-3-6-15-8-10(9-16)12-5-4-11(14)7-13(12)15/h1,4-5,7-9H,3,6H2. The van der Waals surface area contributed by atoms with Gasteiger partial charge in [0, 0.05) is 35.1 Å². The summed E-state index contributed by atoms with van der Waals surface area (Å²) in [5.74, 6) is 2.58. The van der Waals surface area contributed by atoms with E-state index >= 15 is 0 Å². The Bertz CT molecular complexity index is 577. The molecule has 1 aromatic carbocycles. The van der Waals surface area contributed by atoms with Crippen LogP contribution in [-0.4, -0.2) is 10.9 Å². The first-order chi connectivity index (χ1) is 7.76. The van der Waals surface area contributed by atoms with Gasteiger partial charge in [0.1, 0.15) is 0 Å². The second-order valence-electron chi connectivity index (χ2n) is 3.51. The van der Waals surface area contributed by atoms with Crippen LogP contribution in [0.2, 0.25) is 5.02 Å². The molecular weight excluding hydrogens is 222 g/mol. The summed E-state index contributed by atoms with van der Waals surface area (Å²) in [5, 5.41) is 1.57. The molecule has 16 heavy (non-hydrogen) atoms. The maximum Gasteiger partial charge on any atom is 0.152 e. The van der Waals surface area contributed by atoms with E-state index in [1.54, 1.807) is 6.07 Å². The summed E-state index contributed by atoms with van der Waals surface area (Å²) in [7, 11) is 0. The zero-order chi connectivity index (χ0) is 11.5. The lowest BCUT2D eigenvalue weighted by Crippen LogP contribution is -1.94. The summed E-state index contributed by atoms with van der Waals surface area (Å²) in [4.78, 5) is 10.9. The number of aromatic nitrogens is 1. The van der Waals surface area contributed by atoms with E-state index in [0.717, 1.165) is 17.2 Å². The van der Waals surface area contributed by atoms with Crippen molar-refractivity contribution in [3.8, 4) is 12.3 Å². The third kappa shape index (κ3) is 1.82. The van der Waals surface area contributed by atoms with Crippen LogP contribution in [0.3, 0.4) is 0 Å². The van der Waals surface area contributed by atoms with Crippen LogP contribution < -0.4 is 0 Å². The molecule has 0 radical (unpaired) electrons. The number of nitrogens with zero attached hydrogens (tertiary/aromatic N) is 1. The molecule has 80 valence electrons. The zero-order valence-electron chi connectivity index (χ0n) is 8.61. The Balaban J connectivity index is 2.60. The third-order valence-electron chi connectivity index (χ3n) is 2.50. The van der Waals surface area contributed by atoms with Gasteiger partial charge in [-0.3, -0.25) is 4.79 Å². The molecule has 2 aromatic rings. The van der Waals surface area contributed by atoms with E-state index in [4.69, 9.17) is 18.0 Å². The van der Waals surface area contributed by atoms with Crippen molar-refractivity contribution in [3.63, 3.8) is 0 Å². The maximum absolute atomic E-state index is 10.9. The molecule has 0 atom stereocenters. The molecule has 0 spiro atoms. The Labute approximate surface area is 98.8 Å². The number of terminal acetylenes is 1. The number of halogens is 1. The number of benzene rings is 1. The highest BCUT2D eigenvalue weighted by Gasteiger charge is 2.07. The van der Waals surface area contributed by atoms with Gasteiger partial charge in [0.15, 0.2) is 6.29 Å². The first-order valence-electron chi connectivity index (χ1n) is 4.93. The predicted octanol–water partition coefficient (Wildman–Crippen LogP) is 3.13. The minimum absolute atomic E-state index is 0.634. The Morgan fingerprint density at radius 2 is 2.31 bits per heavy atom. The van der Waals surface area contributed by atoms with E-state index in [-0.39, 0.29) is 0 Å². The fourth-order valence-corrected chi connectivity index (χ4v) is 1.92. The zero-order valence-corrected chi connectivity index (χ0v) is 9.37. The Kier molecular flexibility index (Phi) is 2.98. The topological polar surface area (TPSA) is 22.0 Å². The lowest BCUT2D eigenvalue weighted by molar-refractivity contribution is 0.112. The first-order valence-corrected chi connectivity index (χ1v) is 5.31. The van der Waals surface area contributed by atoms with E-state index in [1.165, 1.54) is 0 Å². The highest BCUT2D eigenvalue weighted by molar-refractivity contribution is 6.31. The molecule has 0 bridgehead atoms. The summed E-state index contributed by atoms with van der Waals surface area (Å²) in [6.45, 7) is 0.696. The molecule has 2 nitrogen and oxygen atoms in total. The van der Waals surface area contributed by atoms with Gasteiger partial charge in [0.25, 0.3) is 0 Å². The van der Waals surface area contributed by atoms with Crippen molar-refractivity contribution in [2.75, 3.05) is 0 Å². The predicted molar refractivity (Wildman–Crippen MR) is 65.8 cm³/mol. The van der Waals surface area contributed by atoms with Crippen molar-refractivity contribution in [3.05, 3.63) is 35.0 Å². The quantitative estimate of drug-likeness (QED) is 0.588. The molecule has 0 saturated carbocycles. The minimum atomic E-state index is 0.634. The summed E-state index contributed by atoms with van der Waals surface area (Å²) in [5.41, 5.74) is 1.62. The average Bonchev–Trinajstić information content (AvgIpc) is 2.64. The molecule has 1 heterocycles. The van der Waals surface area contributed by atoms with Crippen LogP contribution in [0.5, 0.6) is 0 Å². The molecule has 3 heteroatoms. The van der Waals surface area contributed by atoms with Crippen LogP contribution in [0.15, 0.2) is 24.4 Å². The number of aryl methyl sites for hydroxylation is 1. The van der Waals surface area contributed by atoms with Crippen molar-refractivity contribution in [1.82, 2.24) is 4.57 Å². The van der Waals surface area contributed by atoms with Gasteiger partial charge in [-0.15, -0.1) is 12.3 Å². The van der Waals surface area contributed by atoms with Gasteiger partial charge in [-0.25, -0.2) is 0 Å². The summed E-state index contributed by atoms with van der Waals surface area (Å²) in [6, 6.07) is 5.48. The molecule has 0 saturated heterocycles. The first kappa shape index (κ1) is 10.8. The maximum atomic E-state index is 10.9. The van der Waals surface area contributed by atoms with Crippen molar-refractivity contribution >= 4 is 28.8 Å². The molecule has 1 aromatic heterocycles. The van der Waals surface area contributed by atoms with Gasteiger partial charge >= 0.3 is 0 Å². The van der Waals surface area contributed by atoms with E-state index in [2.05, 4.69) is 5.92 Å². The number of fused-ring (bicyclic) bond motifs is 1. The molecule has 0 N–H and O–H groups in total. The second kappa shape index (κ2) is 4.42. The van der Waals surface area contributed by atoms with E-state index in [1.807, 2.05) is 22.9 Å². The molecule has 0 aliphatic rings. The molecule has 2 rings (SSSR count). The second-order valence-corrected chi connectivity index (χ2v) is 3.95. The van der Waals surface area contributed by atoms with Gasteiger partial charge in [0.05, 0.1) is 5.52 Å². The van der Waals surface area contributed by atoms with Crippen molar-refractivity contribution in [2.24, 2.45) is 0 Å². The highest BCUT2D eigenvalue weighted by atomic mass is 35.5. The van der Waals surface area contributed by atoms with Crippen LogP contribution in [0.4, 0.5) is 0 Å². The Morgan fingerprint density at radius 1 is 1.50 bits per heavy atom.